The molecule has 0 aliphatic heterocycles. The Bertz CT molecular complexity index is 550. The summed E-state index contributed by atoms with van der Waals surface area (Å²) in [4.78, 5) is 15.7. The second-order valence-electron chi connectivity index (χ2n) is 4.61. The molecule has 5 heteroatoms. The van der Waals surface area contributed by atoms with Crippen LogP contribution in [0.25, 0.3) is 11.4 Å². The molecular weight excluding hydrogens is 252 g/mol. The van der Waals surface area contributed by atoms with Gasteiger partial charge in [0.15, 0.2) is 0 Å². The molecule has 2 aromatic rings. The first-order valence-electron chi connectivity index (χ1n) is 6.81. The molecule has 0 aliphatic carbocycles. The van der Waals surface area contributed by atoms with Gasteiger partial charge in [-0.25, -0.2) is 4.98 Å². The van der Waals surface area contributed by atoms with E-state index in [0.717, 1.165) is 17.9 Å². The maximum Gasteiger partial charge on any atom is 0.234 e. The topological polar surface area (TPSA) is 72.9 Å². The lowest BCUT2D eigenvalue weighted by Gasteiger charge is -2.15. The smallest absolute Gasteiger partial charge is 0.234 e. The first-order chi connectivity index (χ1) is 9.72. The molecule has 0 saturated heterocycles. The molecule has 0 bridgehead atoms. The summed E-state index contributed by atoms with van der Waals surface area (Å²) in [5, 5.41) is 3.10. The van der Waals surface area contributed by atoms with Crippen LogP contribution in [0.3, 0.4) is 0 Å². The predicted molar refractivity (Wildman–Crippen MR) is 78.9 cm³/mol. The molecular formula is C15H20N4O. The molecule has 1 amide bonds. The molecule has 1 heterocycles. The van der Waals surface area contributed by atoms with E-state index in [-0.39, 0.29) is 11.9 Å². The summed E-state index contributed by atoms with van der Waals surface area (Å²) in [6, 6.07) is 9.69. The Morgan fingerprint density at radius 2 is 2.15 bits per heavy atom. The van der Waals surface area contributed by atoms with Crippen LogP contribution in [0.1, 0.15) is 13.3 Å². The molecule has 20 heavy (non-hydrogen) atoms. The fourth-order valence-corrected chi connectivity index (χ4v) is 2.20. The van der Waals surface area contributed by atoms with E-state index in [0.29, 0.717) is 13.0 Å². The fraction of sp³-hybridized carbons (Fsp3) is 0.333. The Morgan fingerprint density at radius 1 is 1.40 bits per heavy atom. The summed E-state index contributed by atoms with van der Waals surface area (Å²) in [6.45, 7) is 3.39. The summed E-state index contributed by atoms with van der Waals surface area (Å²) in [6.07, 6.45) is 4.35. The monoisotopic (exact) mass is 272 g/mol. The van der Waals surface area contributed by atoms with Crippen molar-refractivity contribution in [3.63, 3.8) is 0 Å². The van der Waals surface area contributed by atoms with Gasteiger partial charge in [-0.1, -0.05) is 37.3 Å². The molecule has 0 spiro atoms. The highest BCUT2D eigenvalue weighted by molar-refractivity contribution is 5.79. The zero-order valence-electron chi connectivity index (χ0n) is 11.6. The Kier molecular flexibility index (Phi) is 4.90. The molecule has 3 N–H and O–H groups in total. The second-order valence-corrected chi connectivity index (χ2v) is 4.61. The summed E-state index contributed by atoms with van der Waals surface area (Å²) in [5.74, 6) is 0.596. The minimum atomic E-state index is -0.312. The number of nitrogens with two attached hydrogens (primary N) is 1. The lowest BCUT2D eigenvalue weighted by molar-refractivity contribution is -0.120. The van der Waals surface area contributed by atoms with Crippen molar-refractivity contribution in [3.8, 4) is 11.4 Å². The maximum absolute atomic E-state index is 11.3. The van der Waals surface area contributed by atoms with Gasteiger partial charge in [0.25, 0.3) is 0 Å². The summed E-state index contributed by atoms with van der Waals surface area (Å²) < 4.78 is 2.04. The molecule has 5 nitrogen and oxygen atoms in total. The Morgan fingerprint density at radius 3 is 2.80 bits per heavy atom. The van der Waals surface area contributed by atoms with Gasteiger partial charge >= 0.3 is 0 Å². The van der Waals surface area contributed by atoms with Gasteiger partial charge in [-0.05, 0) is 13.0 Å². The van der Waals surface area contributed by atoms with E-state index in [1.54, 1.807) is 6.20 Å². The highest BCUT2D eigenvalue weighted by Gasteiger charge is 2.14. The van der Waals surface area contributed by atoms with Gasteiger partial charge in [0, 0.05) is 24.5 Å². The molecule has 1 aromatic heterocycles. The third-order valence-corrected chi connectivity index (χ3v) is 3.20. The number of benzene rings is 1. The standard InChI is InChI=1S/C15H20N4O/c1-2-17-13(14(16)20)8-10-19-11-9-18-15(19)12-6-4-3-5-7-12/h3-7,9,11,13,17H,2,8,10H2,1H3,(H2,16,20). The predicted octanol–water partition coefficient (Wildman–Crippen LogP) is 1.40. The van der Waals surface area contributed by atoms with Crippen molar-refractivity contribution in [2.24, 2.45) is 5.73 Å². The summed E-state index contributed by atoms with van der Waals surface area (Å²) in [7, 11) is 0. The molecule has 0 saturated carbocycles. The molecule has 1 aromatic carbocycles. The third-order valence-electron chi connectivity index (χ3n) is 3.20. The number of carbonyl (C=O) groups excluding carboxylic acids is 1. The van der Waals surface area contributed by atoms with E-state index in [2.05, 4.69) is 10.3 Å². The molecule has 0 fully saturated rings. The number of nitrogens with zero attached hydrogens (tertiary/aromatic N) is 2. The lowest BCUT2D eigenvalue weighted by atomic mass is 10.2. The van der Waals surface area contributed by atoms with Crippen LogP contribution in [0.15, 0.2) is 42.7 Å². The number of hydrogen-bond acceptors (Lipinski definition) is 3. The molecule has 2 rings (SSSR count). The van der Waals surface area contributed by atoms with E-state index >= 15 is 0 Å². The lowest BCUT2D eigenvalue weighted by Crippen LogP contribution is -2.41. The van der Waals surface area contributed by atoms with Crippen molar-refractivity contribution >= 4 is 5.91 Å². The van der Waals surface area contributed by atoms with Crippen molar-refractivity contribution in [1.82, 2.24) is 14.9 Å². The molecule has 1 unspecified atom stereocenters. The number of aryl methyl sites for hydroxylation is 1. The van der Waals surface area contributed by atoms with E-state index in [1.165, 1.54) is 0 Å². The quantitative estimate of drug-likeness (QED) is 0.800. The van der Waals surface area contributed by atoms with Crippen LogP contribution in [0.4, 0.5) is 0 Å². The maximum atomic E-state index is 11.3. The average Bonchev–Trinajstić information content (AvgIpc) is 2.92. The van der Waals surface area contributed by atoms with Gasteiger partial charge in [0.05, 0.1) is 6.04 Å². The highest BCUT2D eigenvalue weighted by atomic mass is 16.1. The van der Waals surface area contributed by atoms with Crippen molar-refractivity contribution in [2.45, 2.75) is 25.9 Å². The van der Waals surface area contributed by atoms with Crippen LogP contribution in [-0.4, -0.2) is 28.0 Å². The minimum absolute atomic E-state index is 0.300. The second kappa shape index (κ2) is 6.86. The number of imidazole rings is 1. The number of rotatable bonds is 7. The number of likely N-dealkylation sites (N-methyl/N-ethyl adjacent to an activating group) is 1. The number of carbonyl (C=O) groups is 1. The average molecular weight is 272 g/mol. The van der Waals surface area contributed by atoms with Gasteiger partial charge in [-0.15, -0.1) is 0 Å². The summed E-state index contributed by atoms with van der Waals surface area (Å²) >= 11 is 0. The number of amides is 1. The number of primary amides is 1. The molecule has 0 aliphatic rings. The van der Waals surface area contributed by atoms with Crippen molar-refractivity contribution in [1.29, 1.82) is 0 Å². The van der Waals surface area contributed by atoms with Crippen LogP contribution in [0.5, 0.6) is 0 Å². The number of hydrogen-bond donors (Lipinski definition) is 2. The normalized spacial score (nSPS) is 12.2. The number of aromatic nitrogens is 2. The fourth-order valence-electron chi connectivity index (χ4n) is 2.20. The van der Waals surface area contributed by atoms with Gasteiger partial charge in [-0.3, -0.25) is 4.79 Å². The van der Waals surface area contributed by atoms with Crippen molar-refractivity contribution < 1.29 is 4.79 Å². The Labute approximate surface area is 118 Å². The van der Waals surface area contributed by atoms with Crippen LogP contribution < -0.4 is 11.1 Å². The SMILES string of the molecule is CCNC(CCn1ccnc1-c1ccccc1)C(N)=O. The van der Waals surface area contributed by atoms with Crippen molar-refractivity contribution in [3.05, 3.63) is 42.7 Å². The van der Waals surface area contributed by atoms with Crippen LogP contribution in [0.2, 0.25) is 0 Å². The largest absolute Gasteiger partial charge is 0.368 e. The van der Waals surface area contributed by atoms with Gasteiger partial charge < -0.3 is 15.6 Å². The van der Waals surface area contributed by atoms with Gasteiger partial charge in [-0.2, -0.15) is 0 Å². The molecule has 0 radical (unpaired) electrons. The van der Waals surface area contributed by atoms with E-state index in [9.17, 15) is 4.79 Å². The summed E-state index contributed by atoms with van der Waals surface area (Å²) in [5.41, 5.74) is 6.45. The van der Waals surface area contributed by atoms with Gasteiger partial charge in [0.2, 0.25) is 5.91 Å². The third kappa shape index (κ3) is 3.45. The number of nitrogens with one attached hydrogen (secondary N) is 1. The van der Waals surface area contributed by atoms with E-state index in [4.69, 9.17) is 5.73 Å². The van der Waals surface area contributed by atoms with Crippen LogP contribution >= 0.6 is 0 Å². The molecule has 106 valence electrons. The zero-order chi connectivity index (χ0) is 14.4. The van der Waals surface area contributed by atoms with Crippen molar-refractivity contribution in [2.75, 3.05) is 6.54 Å². The van der Waals surface area contributed by atoms with Crippen LogP contribution in [-0.2, 0) is 11.3 Å². The minimum Gasteiger partial charge on any atom is -0.368 e. The first kappa shape index (κ1) is 14.3. The van der Waals surface area contributed by atoms with E-state index < -0.39 is 0 Å². The molecule has 1 atom stereocenters. The van der Waals surface area contributed by atoms with E-state index in [1.807, 2.05) is 48.0 Å². The Balaban J connectivity index is 2.08. The first-order valence-corrected chi connectivity index (χ1v) is 6.81. The Hall–Kier alpha value is -2.14. The highest BCUT2D eigenvalue weighted by Crippen LogP contribution is 2.17. The van der Waals surface area contributed by atoms with Gasteiger partial charge in [0.1, 0.15) is 5.82 Å². The van der Waals surface area contributed by atoms with Crippen LogP contribution in [0, 0.1) is 0 Å². The zero-order valence-corrected chi connectivity index (χ0v) is 11.6.